The van der Waals surface area contributed by atoms with Crippen LogP contribution >= 0.6 is 0 Å². The lowest BCUT2D eigenvalue weighted by Gasteiger charge is -2.19. The van der Waals surface area contributed by atoms with Crippen LogP contribution in [0.25, 0.3) is 10.4 Å². The number of azide groups is 1. The zero-order chi connectivity index (χ0) is 14.0. The number of carbonyl (C=O) groups excluding carboxylic acids is 1. The highest BCUT2D eigenvalue weighted by molar-refractivity contribution is 5.95. The molecule has 0 radical (unpaired) electrons. The van der Waals surface area contributed by atoms with Crippen LogP contribution in [0.3, 0.4) is 0 Å². The summed E-state index contributed by atoms with van der Waals surface area (Å²) in [7, 11) is 0. The molecule has 1 aromatic rings. The monoisotopic (exact) mass is 262 g/mol. The summed E-state index contributed by atoms with van der Waals surface area (Å²) in [4.78, 5) is 16.6. The van der Waals surface area contributed by atoms with E-state index in [-0.39, 0.29) is 17.9 Å². The summed E-state index contributed by atoms with van der Waals surface area (Å²) in [6.45, 7) is 6.95. The van der Waals surface area contributed by atoms with Crippen molar-refractivity contribution in [3.05, 3.63) is 22.2 Å². The molecule has 19 heavy (non-hydrogen) atoms. The molecule has 0 spiro atoms. The number of amides is 1. The van der Waals surface area contributed by atoms with Crippen molar-refractivity contribution in [2.45, 2.75) is 33.2 Å². The highest BCUT2D eigenvalue weighted by Gasteiger charge is 2.32. The lowest BCUT2D eigenvalue weighted by molar-refractivity contribution is -0.117. The van der Waals surface area contributed by atoms with E-state index in [1.807, 2.05) is 31.5 Å². The molecule has 0 N–H and O–H groups in total. The number of hydrogen-bond acceptors (Lipinski definition) is 3. The predicted molar refractivity (Wildman–Crippen MR) is 71.8 cm³/mol. The summed E-state index contributed by atoms with van der Waals surface area (Å²) < 4.78 is 1.86. The first-order valence-electron chi connectivity index (χ1n) is 6.40. The zero-order valence-corrected chi connectivity index (χ0v) is 11.4. The van der Waals surface area contributed by atoms with Crippen molar-refractivity contribution in [1.29, 1.82) is 0 Å². The molecule has 2 rings (SSSR count). The molecule has 1 amide bonds. The number of aryl methyl sites for hydroxylation is 1. The average molecular weight is 262 g/mol. The number of carbonyl (C=O) groups is 1. The first-order chi connectivity index (χ1) is 9.02. The molecule has 2 heterocycles. The van der Waals surface area contributed by atoms with Crippen LogP contribution < -0.4 is 4.90 Å². The maximum atomic E-state index is 12.1. The van der Waals surface area contributed by atoms with E-state index in [4.69, 9.17) is 5.53 Å². The van der Waals surface area contributed by atoms with Gasteiger partial charge in [0.05, 0.1) is 5.69 Å². The number of aromatic nitrogens is 2. The normalized spacial score (nSPS) is 19.1. The highest BCUT2D eigenvalue weighted by Crippen LogP contribution is 2.28. The van der Waals surface area contributed by atoms with Gasteiger partial charge in [-0.05, 0) is 32.2 Å². The molecule has 1 aliphatic rings. The minimum absolute atomic E-state index is 0.0694. The zero-order valence-electron chi connectivity index (χ0n) is 11.4. The summed E-state index contributed by atoms with van der Waals surface area (Å²) in [6.07, 6.45) is 0.432. The molecular weight excluding hydrogens is 244 g/mol. The van der Waals surface area contributed by atoms with E-state index in [0.29, 0.717) is 19.5 Å². The lowest BCUT2D eigenvalue weighted by atomic mass is 10.1. The van der Waals surface area contributed by atoms with Gasteiger partial charge in [-0.1, -0.05) is 5.11 Å². The summed E-state index contributed by atoms with van der Waals surface area (Å²) in [5, 5.41) is 7.98. The largest absolute Gasteiger partial charge is 0.297 e. The van der Waals surface area contributed by atoms with Gasteiger partial charge in [0.2, 0.25) is 5.91 Å². The third-order valence-electron chi connectivity index (χ3n) is 3.21. The van der Waals surface area contributed by atoms with Crippen molar-refractivity contribution in [3.63, 3.8) is 0 Å². The Bertz CT molecular complexity index is 528. The summed E-state index contributed by atoms with van der Waals surface area (Å²) in [5.41, 5.74) is 9.24. The number of anilines is 1. The SMILES string of the molecule is Cc1cc(N2CC(CN=[N+]=[N-])CC2=O)n(C(C)C)n1. The van der Waals surface area contributed by atoms with E-state index >= 15 is 0 Å². The van der Waals surface area contributed by atoms with Gasteiger partial charge in [-0.15, -0.1) is 0 Å². The van der Waals surface area contributed by atoms with Gasteiger partial charge in [-0.3, -0.25) is 9.69 Å². The first-order valence-corrected chi connectivity index (χ1v) is 6.40. The second-order valence-corrected chi connectivity index (χ2v) is 5.17. The standard InChI is InChI=1S/C12H18N6O/c1-8(2)18-11(4-9(3)15-18)17-7-10(5-12(17)19)6-14-16-13/h4,8,10H,5-7H2,1-3H3. The number of hydrogen-bond donors (Lipinski definition) is 0. The fourth-order valence-electron chi connectivity index (χ4n) is 2.36. The molecule has 1 fully saturated rings. The molecule has 1 unspecified atom stereocenters. The Morgan fingerprint density at radius 2 is 2.37 bits per heavy atom. The van der Waals surface area contributed by atoms with Gasteiger partial charge in [0, 0.05) is 36.5 Å². The van der Waals surface area contributed by atoms with Crippen molar-refractivity contribution >= 4 is 11.7 Å². The van der Waals surface area contributed by atoms with Gasteiger partial charge < -0.3 is 0 Å². The Morgan fingerprint density at radius 3 is 3.00 bits per heavy atom. The maximum absolute atomic E-state index is 12.1. The van der Waals surface area contributed by atoms with Gasteiger partial charge >= 0.3 is 0 Å². The van der Waals surface area contributed by atoms with E-state index in [1.54, 1.807) is 4.90 Å². The fourth-order valence-corrected chi connectivity index (χ4v) is 2.36. The van der Waals surface area contributed by atoms with Crippen LogP contribution in [0.5, 0.6) is 0 Å². The highest BCUT2D eigenvalue weighted by atomic mass is 16.2. The van der Waals surface area contributed by atoms with Gasteiger partial charge in [-0.2, -0.15) is 5.10 Å². The second-order valence-electron chi connectivity index (χ2n) is 5.17. The lowest BCUT2D eigenvalue weighted by Crippen LogP contribution is -2.28. The molecule has 1 saturated heterocycles. The molecular formula is C12H18N6O. The van der Waals surface area contributed by atoms with Crippen LogP contribution in [0, 0.1) is 12.8 Å². The molecule has 0 aliphatic carbocycles. The molecule has 7 heteroatoms. The summed E-state index contributed by atoms with van der Waals surface area (Å²) >= 11 is 0. The van der Waals surface area contributed by atoms with E-state index < -0.39 is 0 Å². The van der Waals surface area contributed by atoms with E-state index in [9.17, 15) is 4.79 Å². The van der Waals surface area contributed by atoms with Crippen LogP contribution in [0.1, 0.15) is 32.0 Å². The number of nitrogens with zero attached hydrogens (tertiary/aromatic N) is 6. The van der Waals surface area contributed by atoms with Crippen LogP contribution in [0.2, 0.25) is 0 Å². The smallest absolute Gasteiger partial charge is 0.228 e. The molecule has 0 saturated carbocycles. The fraction of sp³-hybridized carbons (Fsp3) is 0.667. The van der Waals surface area contributed by atoms with E-state index in [1.165, 1.54) is 0 Å². The van der Waals surface area contributed by atoms with Crippen LogP contribution in [0.4, 0.5) is 5.82 Å². The van der Waals surface area contributed by atoms with Crippen molar-refractivity contribution in [2.24, 2.45) is 11.0 Å². The van der Waals surface area contributed by atoms with E-state index in [0.717, 1.165) is 11.5 Å². The van der Waals surface area contributed by atoms with Gasteiger partial charge in [-0.25, -0.2) is 4.68 Å². The van der Waals surface area contributed by atoms with Crippen molar-refractivity contribution in [3.8, 4) is 0 Å². The molecule has 7 nitrogen and oxygen atoms in total. The van der Waals surface area contributed by atoms with E-state index in [2.05, 4.69) is 15.1 Å². The quantitative estimate of drug-likeness (QED) is 0.474. The Labute approximate surface area is 111 Å². The van der Waals surface area contributed by atoms with Crippen molar-refractivity contribution < 1.29 is 4.79 Å². The van der Waals surface area contributed by atoms with Crippen LogP contribution in [-0.4, -0.2) is 28.8 Å². The van der Waals surface area contributed by atoms with Gasteiger partial charge in [0.1, 0.15) is 5.82 Å². The third kappa shape index (κ3) is 2.71. The topological polar surface area (TPSA) is 86.9 Å². The molecule has 102 valence electrons. The molecule has 0 bridgehead atoms. The average Bonchev–Trinajstić information content (AvgIpc) is 2.89. The molecule has 0 aromatic carbocycles. The minimum atomic E-state index is 0.0694. The molecule has 1 atom stereocenters. The number of rotatable bonds is 4. The maximum Gasteiger partial charge on any atom is 0.228 e. The Morgan fingerprint density at radius 1 is 1.63 bits per heavy atom. The summed E-state index contributed by atoms with van der Waals surface area (Å²) in [6, 6.07) is 2.13. The van der Waals surface area contributed by atoms with Gasteiger partial charge in [0.15, 0.2) is 0 Å². The Balaban J connectivity index is 2.22. The molecule has 1 aliphatic heterocycles. The Kier molecular flexibility index (Phi) is 3.76. The van der Waals surface area contributed by atoms with Crippen molar-refractivity contribution in [2.75, 3.05) is 18.0 Å². The molecule has 1 aromatic heterocycles. The minimum Gasteiger partial charge on any atom is -0.297 e. The Hall–Kier alpha value is -2.01. The van der Waals surface area contributed by atoms with Crippen molar-refractivity contribution in [1.82, 2.24) is 9.78 Å². The van der Waals surface area contributed by atoms with Crippen LogP contribution in [0.15, 0.2) is 11.2 Å². The van der Waals surface area contributed by atoms with Gasteiger partial charge in [0.25, 0.3) is 0 Å². The second kappa shape index (κ2) is 5.32. The summed E-state index contributed by atoms with van der Waals surface area (Å²) in [5.74, 6) is 1.00. The van der Waals surface area contributed by atoms with Crippen LogP contribution in [-0.2, 0) is 4.79 Å². The third-order valence-corrected chi connectivity index (χ3v) is 3.21. The predicted octanol–water partition coefficient (Wildman–Crippen LogP) is 2.44. The first kappa shape index (κ1) is 13.4.